The average molecular weight is 425 g/mol. The smallest absolute Gasteiger partial charge is 0.268 e. The van der Waals surface area contributed by atoms with E-state index in [1.807, 2.05) is 66.7 Å². The molecule has 0 spiro atoms. The molecule has 0 aliphatic carbocycles. The topological polar surface area (TPSA) is 32.7 Å². The second-order valence-electron chi connectivity index (χ2n) is 5.96. The highest BCUT2D eigenvalue weighted by molar-refractivity contribution is 8.19. The zero-order valence-electron chi connectivity index (χ0n) is 14.5. The maximum Gasteiger partial charge on any atom is 0.271 e. The molecule has 1 aliphatic rings. The third kappa shape index (κ3) is 3.85. The molecular weight excluding hydrogens is 411 g/mol. The Morgan fingerprint density at radius 3 is 2.25 bits per heavy atom. The third-order valence-electron chi connectivity index (χ3n) is 4.07. The highest BCUT2D eigenvalue weighted by atomic mass is 35.5. The maximum absolute atomic E-state index is 13.2. The molecule has 3 aromatic carbocycles. The van der Waals surface area contributed by atoms with Crippen LogP contribution in [0.15, 0.2) is 88.8 Å². The van der Waals surface area contributed by atoms with Crippen LogP contribution in [-0.4, -0.2) is 11.1 Å². The fourth-order valence-electron chi connectivity index (χ4n) is 2.74. The summed E-state index contributed by atoms with van der Waals surface area (Å²) in [6.45, 7) is 0. The summed E-state index contributed by atoms with van der Waals surface area (Å²) in [6, 6.07) is 24.4. The minimum atomic E-state index is -0.151. The Bertz CT molecular complexity index is 1080. The average Bonchev–Trinajstić information content (AvgIpc) is 3.02. The van der Waals surface area contributed by atoms with Crippen molar-refractivity contribution in [3.8, 4) is 0 Å². The number of thioether (sulfide) groups is 1. The molecule has 138 valence electrons. The quantitative estimate of drug-likeness (QED) is 0.432. The van der Waals surface area contributed by atoms with E-state index in [0.29, 0.717) is 25.7 Å². The Morgan fingerprint density at radius 2 is 1.54 bits per heavy atom. The predicted octanol–water partition coefficient (Wildman–Crippen LogP) is 6.80. The van der Waals surface area contributed by atoms with E-state index in [-0.39, 0.29) is 5.91 Å². The highest BCUT2D eigenvalue weighted by Crippen LogP contribution is 2.38. The number of benzene rings is 3. The van der Waals surface area contributed by atoms with Gasteiger partial charge in [-0.15, -0.1) is 0 Å². The van der Waals surface area contributed by atoms with Crippen LogP contribution in [0.3, 0.4) is 0 Å². The normalized spacial score (nSPS) is 16.9. The summed E-state index contributed by atoms with van der Waals surface area (Å²) in [5.74, 6) is -0.151. The number of hydrogen-bond donors (Lipinski definition) is 0. The Balaban J connectivity index is 1.79. The van der Waals surface area contributed by atoms with Gasteiger partial charge in [-0.2, -0.15) is 0 Å². The number of hydrogen-bond acceptors (Lipinski definition) is 3. The van der Waals surface area contributed by atoms with Gasteiger partial charge in [0.05, 0.1) is 26.3 Å². The number of anilines is 1. The molecule has 3 nitrogen and oxygen atoms in total. The van der Waals surface area contributed by atoms with Gasteiger partial charge in [-0.05, 0) is 53.7 Å². The number of amides is 1. The number of rotatable bonds is 3. The van der Waals surface area contributed by atoms with Crippen LogP contribution < -0.4 is 4.90 Å². The van der Waals surface area contributed by atoms with Crippen molar-refractivity contribution in [2.24, 2.45) is 4.99 Å². The Labute approximate surface area is 177 Å². The van der Waals surface area contributed by atoms with Crippen molar-refractivity contribution < 1.29 is 4.79 Å². The lowest BCUT2D eigenvalue weighted by atomic mass is 10.2. The lowest BCUT2D eigenvalue weighted by Crippen LogP contribution is -2.28. The van der Waals surface area contributed by atoms with Crippen molar-refractivity contribution >= 4 is 63.5 Å². The lowest BCUT2D eigenvalue weighted by molar-refractivity contribution is -0.113. The van der Waals surface area contributed by atoms with Crippen molar-refractivity contribution in [2.45, 2.75) is 0 Å². The number of carbonyl (C=O) groups is 1. The van der Waals surface area contributed by atoms with Crippen LogP contribution in [0.5, 0.6) is 0 Å². The number of para-hydroxylation sites is 2. The van der Waals surface area contributed by atoms with Gasteiger partial charge in [-0.3, -0.25) is 9.69 Å². The van der Waals surface area contributed by atoms with Gasteiger partial charge in [0.1, 0.15) is 0 Å². The molecule has 28 heavy (non-hydrogen) atoms. The third-order valence-corrected chi connectivity index (χ3v) is 5.87. The summed E-state index contributed by atoms with van der Waals surface area (Å²) in [6.07, 6.45) is 1.75. The molecule has 0 atom stereocenters. The molecule has 4 rings (SSSR count). The molecule has 6 heteroatoms. The van der Waals surface area contributed by atoms with E-state index in [1.54, 1.807) is 23.1 Å². The van der Waals surface area contributed by atoms with Crippen LogP contribution in [0.25, 0.3) is 6.08 Å². The van der Waals surface area contributed by atoms with E-state index in [9.17, 15) is 4.79 Å². The predicted molar refractivity (Wildman–Crippen MR) is 119 cm³/mol. The Morgan fingerprint density at radius 1 is 0.857 bits per heavy atom. The van der Waals surface area contributed by atoms with Crippen molar-refractivity contribution in [1.29, 1.82) is 0 Å². The summed E-state index contributed by atoms with van der Waals surface area (Å²) in [4.78, 5) is 20.0. The molecule has 1 saturated heterocycles. The fourth-order valence-corrected chi connectivity index (χ4v) is 4.09. The van der Waals surface area contributed by atoms with Crippen LogP contribution >= 0.6 is 35.0 Å². The standard InChI is InChI=1S/C22H14Cl2N2OS/c23-18-13-7-8-15(20(18)24)14-19-21(27)26(17-11-5-2-6-12-17)22(28-19)25-16-9-3-1-4-10-16/h1-14H. The van der Waals surface area contributed by atoms with Gasteiger partial charge < -0.3 is 0 Å². The van der Waals surface area contributed by atoms with Crippen LogP contribution in [-0.2, 0) is 4.79 Å². The molecule has 1 fully saturated rings. The zero-order chi connectivity index (χ0) is 19.5. The van der Waals surface area contributed by atoms with Crippen LogP contribution in [0.4, 0.5) is 11.4 Å². The van der Waals surface area contributed by atoms with Crippen LogP contribution in [0.2, 0.25) is 10.0 Å². The zero-order valence-corrected chi connectivity index (χ0v) is 16.9. The largest absolute Gasteiger partial charge is 0.271 e. The van der Waals surface area contributed by atoms with E-state index in [1.165, 1.54) is 11.8 Å². The van der Waals surface area contributed by atoms with Crippen molar-refractivity contribution in [3.05, 3.63) is 99.4 Å². The van der Waals surface area contributed by atoms with E-state index in [0.717, 1.165) is 11.4 Å². The number of aliphatic imine (C=N–C) groups is 1. The minimum Gasteiger partial charge on any atom is -0.268 e. The number of amidine groups is 1. The van der Waals surface area contributed by atoms with Gasteiger partial charge >= 0.3 is 0 Å². The van der Waals surface area contributed by atoms with Gasteiger partial charge in [0, 0.05) is 0 Å². The fraction of sp³-hybridized carbons (Fsp3) is 0. The van der Waals surface area contributed by atoms with Gasteiger partial charge in [0.25, 0.3) is 5.91 Å². The molecule has 0 unspecified atom stereocenters. The van der Waals surface area contributed by atoms with E-state index in [4.69, 9.17) is 23.2 Å². The number of halogens is 2. The van der Waals surface area contributed by atoms with Crippen molar-refractivity contribution in [3.63, 3.8) is 0 Å². The first kappa shape index (κ1) is 18.8. The molecule has 1 heterocycles. The van der Waals surface area contributed by atoms with Gasteiger partial charge in [-0.1, -0.05) is 71.7 Å². The first-order valence-corrected chi connectivity index (χ1v) is 10.1. The van der Waals surface area contributed by atoms with Crippen molar-refractivity contribution in [1.82, 2.24) is 0 Å². The van der Waals surface area contributed by atoms with E-state index in [2.05, 4.69) is 4.99 Å². The first-order chi connectivity index (χ1) is 13.6. The lowest BCUT2D eigenvalue weighted by Gasteiger charge is -2.15. The Hall–Kier alpha value is -2.53. The molecule has 1 amide bonds. The monoisotopic (exact) mass is 424 g/mol. The Kier molecular flexibility index (Phi) is 5.53. The summed E-state index contributed by atoms with van der Waals surface area (Å²) in [7, 11) is 0. The molecular formula is C22H14Cl2N2OS. The molecule has 1 aliphatic heterocycles. The molecule has 0 saturated carbocycles. The summed E-state index contributed by atoms with van der Waals surface area (Å²) < 4.78 is 0. The molecule has 0 radical (unpaired) electrons. The molecule has 0 bridgehead atoms. The van der Waals surface area contributed by atoms with Crippen LogP contribution in [0.1, 0.15) is 5.56 Å². The maximum atomic E-state index is 13.2. The molecule has 0 aromatic heterocycles. The van der Waals surface area contributed by atoms with Crippen molar-refractivity contribution in [2.75, 3.05) is 4.90 Å². The van der Waals surface area contributed by atoms with Gasteiger partial charge in [-0.25, -0.2) is 4.99 Å². The van der Waals surface area contributed by atoms with E-state index < -0.39 is 0 Å². The number of nitrogens with zero attached hydrogens (tertiary/aromatic N) is 2. The highest BCUT2D eigenvalue weighted by Gasteiger charge is 2.34. The molecule has 3 aromatic rings. The van der Waals surface area contributed by atoms with Gasteiger partial charge in [0.2, 0.25) is 0 Å². The summed E-state index contributed by atoms with van der Waals surface area (Å²) in [5.41, 5.74) is 2.23. The second kappa shape index (κ2) is 8.23. The summed E-state index contributed by atoms with van der Waals surface area (Å²) in [5, 5.41) is 1.46. The second-order valence-corrected chi connectivity index (χ2v) is 7.75. The summed E-state index contributed by atoms with van der Waals surface area (Å²) >= 11 is 13.7. The molecule has 0 N–H and O–H groups in total. The van der Waals surface area contributed by atoms with E-state index >= 15 is 0 Å². The van der Waals surface area contributed by atoms with Gasteiger partial charge in [0.15, 0.2) is 5.17 Å². The minimum absolute atomic E-state index is 0.151. The van der Waals surface area contributed by atoms with Crippen LogP contribution in [0, 0.1) is 0 Å². The first-order valence-electron chi connectivity index (χ1n) is 8.50. The number of carbonyl (C=O) groups excluding carboxylic acids is 1. The SMILES string of the molecule is O=C1C(=Cc2cccc(Cl)c2Cl)SC(=Nc2ccccc2)N1c1ccccc1.